The van der Waals surface area contributed by atoms with Gasteiger partial charge in [-0.25, -0.2) is 0 Å². The summed E-state index contributed by atoms with van der Waals surface area (Å²) in [6, 6.07) is 5.02. The van der Waals surface area contributed by atoms with Crippen LogP contribution in [0.3, 0.4) is 0 Å². The molecule has 2 aliphatic rings. The fourth-order valence-electron chi connectivity index (χ4n) is 3.51. The second kappa shape index (κ2) is 7.94. The third kappa shape index (κ3) is 3.77. The van der Waals surface area contributed by atoms with Gasteiger partial charge in [-0.3, -0.25) is 19.7 Å². The van der Waals surface area contributed by atoms with Crippen molar-refractivity contribution < 1.29 is 19.5 Å². The van der Waals surface area contributed by atoms with E-state index in [1.807, 2.05) is 18.2 Å². The van der Waals surface area contributed by atoms with Crippen LogP contribution in [0.4, 0.5) is 0 Å². The van der Waals surface area contributed by atoms with Gasteiger partial charge in [0.25, 0.3) is 5.91 Å². The van der Waals surface area contributed by atoms with Gasteiger partial charge in [0.05, 0.1) is 6.10 Å². The molecule has 2 heterocycles. The quantitative estimate of drug-likeness (QED) is 0.474. The van der Waals surface area contributed by atoms with E-state index in [1.165, 1.54) is 0 Å². The van der Waals surface area contributed by atoms with Crippen molar-refractivity contribution in [1.82, 2.24) is 15.5 Å². The van der Waals surface area contributed by atoms with Gasteiger partial charge >= 0.3 is 0 Å². The van der Waals surface area contributed by atoms with E-state index in [1.54, 1.807) is 4.90 Å². The zero-order chi connectivity index (χ0) is 18.7. The van der Waals surface area contributed by atoms with Crippen molar-refractivity contribution in [2.75, 3.05) is 13.1 Å². The van der Waals surface area contributed by atoms with E-state index in [0.29, 0.717) is 44.6 Å². The number of aliphatic hydroxyl groups excluding tert-OH is 1. The molecule has 1 aromatic rings. The Morgan fingerprint density at radius 2 is 2.15 bits per heavy atom. The molecule has 5 N–H and O–H groups in total. The van der Waals surface area contributed by atoms with Crippen LogP contribution in [-0.4, -0.2) is 53.0 Å². The number of rotatable bonds is 7. The van der Waals surface area contributed by atoms with Crippen LogP contribution in [0.15, 0.2) is 18.2 Å². The Labute approximate surface area is 151 Å². The third-order valence-electron chi connectivity index (χ3n) is 4.83. The number of nitrogens with two attached hydrogens (primary N) is 1. The molecule has 1 fully saturated rings. The van der Waals surface area contributed by atoms with Crippen LogP contribution in [-0.2, 0) is 22.7 Å². The Morgan fingerprint density at radius 1 is 1.35 bits per heavy atom. The molecule has 26 heavy (non-hydrogen) atoms. The minimum Gasteiger partial charge on any atom is -0.392 e. The van der Waals surface area contributed by atoms with Crippen molar-refractivity contribution in [2.45, 2.75) is 44.5 Å². The summed E-state index contributed by atoms with van der Waals surface area (Å²) >= 11 is 0. The van der Waals surface area contributed by atoms with Gasteiger partial charge in [-0.05, 0) is 30.5 Å². The first kappa shape index (κ1) is 18.5. The Balaban J connectivity index is 1.70. The molecule has 2 aliphatic heterocycles. The lowest BCUT2D eigenvalue weighted by molar-refractivity contribution is -0.136. The molecule has 0 spiro atoms. The molecular weight excluding hydrogens is 336 g/mol. The smallest absolute Gasteiger partial charge is 0.255 e. The van der Waals surface area contributed by atoms with E-state index in [-0.39, 0.29) is 18.2 Å². The highest BCUT2D eigenvalue weighted by Gasteiger charge is 2.39. The topological polar surface area (TPSA) is 125 Å². The molecule has 8 heteroatoms. The molecule has 0 saturated carbocycles. The summed E-state index contributed by atoms with van der Waals surface area (Å²) in [6.45, 7) is 1.62. The summed E-state index contributed by atoms with van der Waals surface area (Å²) in [5.74, 6) is -0.891. The average Bonchev–Trinajstić information content (AvgIpc) is 2.93. The van der Waals surface area contributed by atoms with Gasteiger partial charge in [0.1, 0.15) is 6.04 Å². The number of imide groups is 1. The van der Waals surface area contributed by atoms with Crippen LogP contribution >= 0.6 is 0 Å². The molecule has 8 nitrogen and oxygen atoms in total. The lowest BCUT2D eigenvalue weighted by atomic mass is 10.0. The number of hydrogen-bond donors (Lipinski definition) is 4. The number of carbonyl (C=O) groups is 3. The number of aliphatic hydroxyl groups is 1. The Bertz CT molecular complexity index is 721. The summed E-state index contributed by atoms with van der Waals surface area (Å²) in [4.78, 5) is 37.9. The minimum atomic E-state index is -0.611. The van der Waals surface area contributed by atoms with Gasteiger partial charge < -0.3 is 21.1 Å². The fraction of sp³-hybridized carbons (Fsp3) is 0.500. The maximum atomic E-state index is 12.9. The summed E-state index contributed by atoms with van der Waals surface area (Å²) in [6.07, 6.45) is 0.586. The first-order valence-electron chi connectivity index (χ1n) is 8.85. The summed E-state index contributed by atoms with van der Waals surface area (Å²) in [5.41, 5.74) is 7.74. The van der Waals surface area contributed by atoms with Gasteiger partial charge in [-0.1, -0.05) is 18.2 Å². The number of benzene rings is 1. The first-order chi connectivity index (χ1) is 12.5. The van der Waals surface area contributed by atoms with E-state index in [0.717, 1.165) is 11.1 Å². The SMILES string of the molecule is NCCC(O)CNCc1cccc2c1C(=O)N(C1CCC(=O)NC1=O)C2. The maximum Gasteiger partial charge on any atom is 0.255 e. The van der Waals surface area contributed by atoms with Crippen LogP contribution < -0.4 is 16.4 Å². The molecule has 1 saturated heterocycles. The molecule has 0 aromatic heterocycles. The van der Waals surface area contributed by atoms with Crippen LogP contribution in [0.5, 0.6) is 0 Å². The number of fused-ring (bicyclic) bond motifs is 1. The number of nitrogens with one attached hydrogen (secondary N) is 2. The highest BCUT2D eigenvalue weighted by molar-refractivity contribution is 6.05. The highest BCUT2D eigenvalue weighted by atomic mass is 16.3. The number of amides is 3. The zero-order valence-electron chi connectivity index (χ0n) is 14.5. The summed E-state index contributed by atoms with van der Waals surface area (Å²) in [5, 5.41) is 15.2. The molecular formula is C18H24N4O4. The average molecular weight is 360 g/mol. The van der Waals surface area contributed by atoms with E-state index in [2.05, 4.69) is 10.6 Å². The van der Waals surface area contributed by atoms with Crippen molar-refractivity contribution in [1.29, 1.82) is 0 Å². The summed E-state index contributed by atoms with van der Waals surface area (Å²) < 4.78 is 0. The van der Waals surface area contributed by atoms with Crippen molar-refractivity contribution in [3.05, 3.63) is 34.9 Å². The molecule has 0 radical (unpaired) electrons. The highest BCUT2D eigenvalue weighted by Crippen LogP contribution is 2.29. The lowest BCUT2D eigenvalue weighted by Gasteiger charge is -2.29. The second-order valence-corrected chi connectivity index (χ2v) is 6.71. The van der Waals surface area contributed by atoms with Crippen molar-refractivity contribution in [2.24, 2.45) is 5.73 Å². The number of piperidine rings is 1. The Kier molecular flexibility index (Phi) is 5.65. The standard InChI is InChI=1S/C18H24N4O4/c19-7-6-13(23)9-20-8-11-2-1-3-12-10-22(18(26)16(11)12)14-4-5-15(24)21-17(14)25/h1-3,13-14,20,23H,4-10,19H2,(H,21,24,25). The number of carbonyl (C=O) groups excluding carboxylic acids is 3. The molecule has 140 valence electrons. The molecule has 1 aromatic carbocycles. The van der Waals surface area contributed by atoms with Gasteiger partial charge in [0.2, 0.25) is 11.8 Å². The van der Waals surface area contributed by atoms with Crippen molar-refractivity contribution >= 4 is 17.7 Å². The third-order valence-corrected chi connectivity index (χ3v) is 4.83. The predicted octanol–water partition coefficient (Wildman–Crippen LogP) is -0.753. The monoisotopic (exact) mass is 360 g/mol. The molecule has 2 unspecified atom stereocenters. The van der Waals surface area contributed by atoms with Gasteiger partial charge in [-0.15, -0.1) is 0 Å². The predicted molar refractivity (Wildman–Crippen MR) is 93.9 cm³/mol. The van der Waals surface area contributed by atoms with E-state index in [4.69, 9.17) is 5.73 Å². The fourth-order valence-corrected chi connectivity index (χ4v) is 3.51. The second-order valence-electron chi connectivity index (χ2n) is 6.71. The van der Waals surface area contributed by atoms with Crippen molar-refractivity contribution in [3.63, 3.8) is 0 Å². The minimum absolute atomic E-state index is 0.186. The molecule has 3 amide bonds. The Morgan fingerprint density at radius 3 is 2.88 bits per heavy atom. The first-order valence-corrected chi connectivity index (χ1v) is 8.85. The molecule has 0 bridgehead atoms. The normalized spacial score (nSPS) is 20.9. The number of nitrogens with zero attached hydrogens (tertiary/aromatic N) is 1. The van der Waals surface area contributed by atoms with Crippen LogP contribution in [0.2, 0.25) is 0 Å². The van der Waals surface area contributed by atoms with E-state index in [9.17, 15) is 19.5 Å². The summed E-state index contributed by atoms with van der Waals surface area (Å²) in [7, 11) is 0. The van der Waals surface area contributed by atoms with Crippen LogP contribution in [0, 0.1) is 0 Å². The van der Waals surface area contributed by atoms with Crippen LogP contribution in [0.25, 0.3) is 0 Å². The van der Waals surface area contributed by atoms with Crippen molar-refractivity contribution in [3.8, 4) is 0 Å². The lowest BCUT2D eigenvalue weighted by Crippen LogP contribution is -2.52. The maximum absolute atomic E-state index is 12.9. The van der Waals surface area contributed by atoms with Gasteiger partial charge in [0, 0.05) is 31.6 Å². The molecule has 0 aliphatic carbocycles. The zero-order valence-corrected chi connectivity index (χ0v) is 14.5. The van der Waals surface area contributed by atoms with Crippen LogP contribution in [0.1, 0.15) is 40.7 Å². The van der Waals surface area contributed by atoms with E-state index < -0.39 is 18.1 Å². The van der Waals surface area contributed by atoms with Gasteiger partial charge in [0.15, 0.2) is 0 Å². The van der Waals surface area contributed by atoms with Gasteiger partial charge in [-0.2, -0.15) is 0 Å². The van der Waals surface area contributed by atoms with E-state index >= 15 is 0 Å². The Hall–Kier alpha value is -2.29. The number of hydrogen-bond acceptors (Lipinski definition) is 6. The molecule has 3 rings (SSSR count). The largest absolute Gasteiger partial charge is 0.392 e. The molecule has 2 atom stereocenters.